The summed E-state index contributed by atoms with van der Waals surface area (Å²) in [6.07, 6.45) is 0. The number of hydrogen-bond donors (Lipinski definition) is 0. The fourth-order valence-electron chi connectivity index (χ4n) is 2.08. The molecule has 0 spiro atoms. The molecule has 0 N–H and O–H groups in total. The highest BCUT2D eigenvalue weighted by molar-refractivity contribution is 5.59. The molecule has 0 aliphatic carbocycles. The second-order valence-corrected chi connectivity index (χ2v) is 4.37. The molecule has 1 unspecified atom stereocenters. The highest BCUT2D eigenvalue weighted by Gasteiger charge is 2.14. The van der Waals surface area contributed by atoms with E-state index in [1.165, 1.54) is 5.56 Å². The number of hydrogen-bond acceptors (Lipinski definition) is 2. The second-order valence-electron chi connectivity index (χ2n) is 4.37. The van der Waals surface area contributed by atoms with Crippen molar-refractivity contribution in [1.29, 1.82) is 0 Å². The summed E-state index contributed by atoms with van der Waals surface area (Å²) in [4.78, 5) is 2.23. The SMILES string of the molecule is COc1ccccc1N(C)C(C)c1ccccc1. The lowest BCUT2D eigenvalue weighted by Gasteiger charge is -2.28. The average Bonchev–Trinajstić information content (AvgIpc) is 2.46. The van der Waals surface area contributed by atoms with Crippen LogP contribution >= 0.6 is 0 Å². The van der Waals surface area contributed by atoms with Crippen LogP contribution in [0.1, 0.15) is 18.5 Å². The summed E-state index contributed by atoms with van der Waals surface area (Å²) in [6.45, 7) is 2.20. The van der Waals surface area contributed by atoms with Crippen molar-refractivity contribution < 1.29 is 4.74 Å². The number of ether oxygens (including phenoxy) is 1. The van der Waals surface area contributed by atoms with Gasteiger partial charge in [0.15, 0.2) is 0 Å². The minimum Gasteiger partial charge on any atom is -0.495 e. The number of nitrogens with zero attached hydrogens (tertiary/aromatic N) is 1. The zero-order chi connectivity index (χ0) is 13.0. The van der Waals surface area contributed by atoms with Crippen molar-refractivity contribution in [2.24, 2.45) is 0 Å². The minimum absolute atomic E-state index is 0.308. The van der Waals surface area contributed by atoms with Crippen LogP contribution in [0.25, 0.3) is 0 Å². The van der Waals surface area contributed by atoms with Crippen molar-refractivity contribution in [2.45, 2.75) is 13.0 Å². The summed E-state index contributed by atoms with van der Waals surface area (Å²) in [6, 6.07) is 18.9. The van der Waals surface area contributed by atoms with E-state index in [0.717, 1.165) is 11.4 Å². The summed E-state index contributed by atoms with van der Waals surface area (Å²) in [5, 5.41) is 0. The molecular formula is C16H19NO. The van der Waals surface area contributed by atoms with Gasteiger partial charge in [-0.1, -0.05) is 42.5 Å². The molecule has 2 heteroatoms. The second kappa shape index (κ2) is 5.58. The third-order valence-corrected chi connectivity index (χ3v) is 3.33. The van der Waals surface area contributed by atoms with Crippen molar-refractivity contribution in [3.63, 3.8) is 0 Å². The van der Waals surface area contributed by atoms with Gasteiger partial charge in [0.2, 0.25) is 0 Å². The minimum atomic E-state index is 0.308. The first kappa shape index (κ1) is 12.5. The van der Waals surface area contributed by atoms with Crippen molar-refractivity contribution in [1.82, 2.24) is 0 Å². The lowest BCUT2D eigenvalue weighted by atomic mass is 10.1. The number of rotatable bonds is 4. The quantitative estimate of drug-likeness (QED) is 0.805. The first-order chi connectivity index (χ1) is 8.74. The molecule has 0 bridgehead atoms. The standard InChI is InChI=1S/C16H19NO/c1-13(14-9-5-4-6-10-14)17(2)15-11-7-8-12-16(15)18-3/h4-13H,1-3H3. The lowest BCUT2D eigenvalue weighted by Crippen LogP contribution is -2.22. The normalized spacial score (nSPS) is 11.9. The highest BCUT2D eigenvalue weighted by Crippen LogP contribution is 2.32. The maximum atomic E-state index is 5.41. The van der Waals surface area contributed by atoms with Crippen LogP contribution in [0.5, 0.6) is 5.75 Å². The summed E-state index contributed by atoms with van der Waals surface area (Å²) >= 11 is 0. The molecule has 0 amide bonds. The van der Waals surface area contributed by atoms with Gasteiger partial charge in [-0.2, -0.15) is 0 Å². The van der Waals surface area contributed by atoms with Gasteiger partial charge >= 0.3 is 0 Å². The van der Waals surface area contributed by atoms with Crippen LogP contribution in [0.4, 0.5) is 5.69 Å². The van der Waals surface area contributed by atoms with E-state index in [2.05, 4.69) is 49.2 Å². The lowest BCUT2D eigenvalue weighted by molar-refractivity contribution is 0.414. The summed E-state index contributed by atoms with van der Waals surface area (Å²) < 4.78 is 5.41. The van der Waals surface area contributed by atoms with E-state index in [4.69, 9.17) is 4.74 Å². The Balaban J connectivity index is 2.28. The van der Waals surface area contributed by atoms with Gasteiger partial charge in [0.05, 0.1) is 18.8 Å². The van der Waals surface area contributed by atoms with Crippen molar-refractivity contribution >= 4 is 5.69 Å². The smallest absolute Gasteiger partial charge is 0.142 e. The van der Waals surface area contributed by atoms with E-state index in [1.54, 1.807) is 7.11 Å². The molecule has 0 radical (unpaired) electrons. The molecule has 18 heavy (non-hydrogen) atoms. The Morgan fingerprint density at radius 2 is 1.56 bits per heavy atom. The number of anilines is 1. The third-order valence-electron chi connectivity index (χ3n) is 3.33. The van der Waals surface area contributed by atoms with E-state index in [1.807, 2.05) is 24.3 Å². The molecule has 0 saturated carbocycles. The zero-order valence-corrected chi connectivity index (χ0v) is 11.1. The number of benzene rings is 2. The van der Waals surface area contributed by atoms with Gasteiger partial charge < -0.3 is 9.64 Å². The molecule has 0 fully saturated rings. The number of para-hydroxylation sites is 2. The molecule has 2 nitrogen and oxygen atoms in total. The van der Waals surface area contributed by atoms with Crippen molar-refractivity contribution in [3.05, 3.63) is 60.2 Å². The Hall–Kier alpha value is -1.96. The highest BCUT2D eigenvalue weighted by atomic mass is 16.5. The largest absolute Gasteiger partial charge is 0.495 e. The van der Waals surface area contributed by atoms with E-state index < -0.39 is 0 Å². The third kappa shape index (κ3) is 2.48. The molecule has 1 atom stereocenters. The maximum absolute atomic E-state index is 5.41. The molecule has 0 heterocycles. The van der Waals surface area contributed by atoms with Gasteiger partial charge in [0.25, 0.3) is 0 Å². The Kier molecular flexibility index (Phi) is 3.88. The van der Waals surface area contributed by atoms with Gasteiger partial charge in [0.1, 0.15) is 5.75 Å². The van der Waals surface area contributed by atoms with E-state index in [0.29, 0.717) is 6.04 Å². The predicted octanol–water partition coefficient (Wildman–Crippen LogP) is 3.89. The monoisotopic (exact) mass is 241 g/mol. The van der Waals surface area contributed by atoms with Crippen LogP contribution in [0.15, 0.2) is 54.6 Å². The van der Waals surface area contributed by atoms with E-state index in [-0.39, 0.29) is 0 Å². The first-order valence-electron chi connectivity index (χ1n) is 6.15. The summed E-state index contributed by atoms with van der Waals surface area (Å²) in [5.41, 5.74) is 2.40. The van der Waals surface area contributed by atoms with Crippen molar-refractivity contribution in [3.8, 4) is 5.75 Å². The zero-order valence-electron chi connectivity index (χ0n) is 11.1. The molecular weight excluding hydrogens is 222 g/mol. The van der Waals surface area contributed by atoms with Gasteiger partial charge in [-0.25, -0.2) is 0 Å². The van der Waals surface area contributed by atoms with Gasteiger partial charge in [-0.15, -0.1) is 0 Å². The van der Waals surface area contributed by atoms with Gasteiger partial charge in [-0.3, -0.25) is 0 Å². The maximum Gasteiger partial charge on any atom is 0.142 e. The molecule has 2 aromatic rings. The van der Waals surface area contributed by atoms with Crippen LogP contribution in [0, 0.1) is 0 Å². The van der Waals surface area contributed by atoms with Gasteiger partial charge in [0, 0.05) is 7.05 Å². The summed E-state index contributed by atoms with van der Waals surface area (Å²) in [5.74, 6) is 0.905. The topological polar surface area (TPSA) is 12.5 Å². The summed E-state index contributed by atoms with van der Waals surface area (Å²) in [7, 11) is 3.80. The fraction of sp³-hybridized carbons (Fsp3) is 0.250. The molecule has 0 saturated heterocycles. The van der Waals surface area contributed by atoms with Crippen LogP contribution in [0.3, 0.4) is 0 Å². The van der Waals surface area contributed by atoms with Crippen LogP contribution < -0.4 is 9.64 Å². The van der Waals surface area contributed by atoms with Crippen LogP contribution in [-0.4, -0.2) is 14.2 Å². The average molecular weight is 241 g/mol. The molecule has 2 rings (SSSR count). The number of methoxy groups -OCH3 is 1. The van der Waals surface area contributed by atoms with E-state index >= 15 is 0 Å². The molecule has 0 aliphatic rings. The van der Waals surface area contributed by atoms with E-state index in [9.17, 15) is 0 Å². The van der Waals surface area contributed by atoms with Gasteiger partial charge in [-0.05, 0) is 24.6 Å². The molecule has 2 aromatic carbocycles. The molecule has 94 valence electrons. The fourth-order valence-corrected chi connectivity index (χ4v) is 2.08. The molecule has 0 aliphatic heterocycles. The van der Waals surface area contributed by atoms with Crippen molar-refractivity contribution in [2.75, 3.05) is 19.1 Å². The Labute approximate surface area is 109 Å². The first-order valence-corrected chi connectivity index (χ1v) is 6.15. The predicted molar refractivity (Wildman–Crippen MR) is 76.3 cm³/mol. The van der Waals surface area contributed by atoms with Crippen LogP contribution in [-0.2, 0) is 0 Å². The van der Waals surface area contributed by atoms with Crippen LogP contribution in [0.2, 0.25) is 0 Å². The Morgan fingerprint density at radius 3 is 2.22 bits per heavy atom. The Morgan fingerprint density at radius 1 is 0.944 bits per heavy atom. The molecule has 0 aromatic heterocycles. The Bertz CT molecular complexity index is 495.